The molecule has 2 heterocycles. The van der Waals surface area contributed by atoms with Crippen molar-refractivity contribution in [2.24, 2.45) is 5.73 Å². The SMILES string of the molecule is C=C1[C@H](n2ccc(NC(=O)OC(C)[C@@H](NC(=O)[C@@H](N)Cc3ccc(Oc4ccc(O)cc4)cc3)C(=O)O)nc2=O)O[C@H](CO)[C@H]1O. The fourth-order valence-corrected chi connectivity index (χ4v) is 4.46. The molecule has 1 aliphatic rings. The lowest BCUT2D eigenvalue weighted by molar-refractivity contribution is -0.144. The van der Waals surface area contributed by atoms with Crippen molar-refractivity contribution in [3.8, 4) is 17.2 Å². The van der Waals surface area contributed by atoms with E-state index >= 15 is 0 Å². The third kappa shape index (κ3) is 8.24. The zero-order valence-electron chi connectivity index (χ0n) is 24.5. The highest BCUT2D eigenvalue weighted by Gasteiger charge is 2.38. The first-order valence-electron chi connectivity index (χ1n) is 13.9. The Morgan fingerprint density at radius 2 is 1.74 bits per heavy atom. The van der Waals surface area contributed by atoms with Crippen molar-refractivity contribution in [2.75, 3.05) is 11.9 Å². The maximum atomic E-state index is 12.7. The van der Waals surface area contributed by atoms with Gasteiger partial charge >= 0.3 is 17.8 Å². The molecule has 1 unspecified atom stereocenters. The number of carbonyl (C=O) groups is 3. The van der Waals surface area contributed by atoms with Gasteiger partial charge in [-0.05, 0) is 61.4 Å². The van der Waals surface area contributed by atoms with E-state index in [4.69, 9.17) is 19.9 Å². The van der Waals surface area contributed by atoms with E-state index < -0.39 is 66.9 Å². The first kappa shape index (κ1) is 33.6. The summed E-state index contributed by atoms with van der Waals surface area (Å²) in [5, 5.41) is 42.9. The number of hydrogen-bond donors (Lipinski definition) is 7. The van der Waals surface area contributed by atoms with Crippen molar-refractivity contribution < 1.29 is 49.0 Å². The molecule has 46 heavy (non-hydrogen) atoms. The number of rotatable bonds is 12. The van der Waals surface area contributed by atoms with Crippen LogP contribution < -0.4 is 26.8 Å². The van der Waals surface area contributed by atoms with Crippen LogP contribution in [0.3, 0.4) is 0 Å². The van der Waals surface area contributed by atoms with E-state index in [1.165, 1.54) is 31.3 Å². The van der Waals surface area contributed by atoms with Gasteiger partial charge in [0.05, 0.1) is 12.6 Å². The average molecular weight is 640 g/mol. The predicted octanol–water partition coefficient (Wildman–Crippen LogP) is 0.624. The van der Waals surface area contributed by atoms with E-state index in [0.29, 0.717) is 17.1 Å². The van der Waals surface area contributed by atoms with Crippen LogP contribution in [-0.2, 0) is 25.5 Å². The van der Waals surface area contributed by atoms with Crippen LogP contribution >= 0.6 is 0 Å². The Labute approximate surface area is 261 Å². The Morgan fingerprint density at radius 1 is 1.11 bits per heavy atom. The Bertz CT molecular complexity index is 1630. The summed E-state index contributed by atoms with van der Waals surface area (Å²) < 4.78 is 17.2. The van der Waals surface area contributed by atoms with Crippen molar-refractivity contribution in [1.82, 2.24) is 14.9 Å². The molecule has 1 fully saturated rings. The normalized spacial score (nSPS) is 19.5. The number of aliphatic carboxylic acids is 1. The molecule has 0 bridgehead atoms. The summed E-state index contributed by atoms with van der Waals surface area (Å²) in [6, 6.07) is 11.3. The molecule has 244 valence electrons. The number of carbonyl (C=O) groups excluding carboxylic acids is 2. The molecule has 1 aromatic heterocycles. The van der Waals surface area contributed by atoms with E-state index in [9.17, 15) is 39.6 Å². The highest BCUT2D eigenvalue weighted by atomic mass is 16.6. The molecule has 2 aromatic carbocycles. The Balaban J connectivity index is 1.30. The minimum Gasteiger partial charge on any atom is -0.508 e. The lowest BCUT2D eigenvalue weighted by atomic mass is 10.0. The summed E-state index contributed by atoms with van der Waals surface area (Å²) in [4.78, 5) is 53.4. The maximum absolute atomic E-state index is 12.7. The number of aliphatic hydroxyl groups is 2. The number of hydrogen-bond acceptors (Lipinski definition) is 12. The van der Waals surface area contributed by atoms with Crippen LogP contribution in [0.1, 0.15) is 18.7 Å². The molecule has 2 amide bonds. The molecule has 3 aromatic rings. The second-order valence-corrected chi connectivity index (χ2v) is 10.3. The third-order valence-corrected chi connectivity index (χ3v) is 6.96. The van der Waals surface area contributed by atoms with E-state index in [1.807, 2.05) is 0 Å². The van der Waals surface area contributed by atoms with E-state index in [0.717, 1.165) is 4.57 Å². The molecule has 6 atom stereocenters. The van der Waals surface area contributed by atoms with Crippen molar-refractivity contribution in [1.29, 1.82) is 0 Å². The lowest BCUT2D eigenvalue weighted by Gasteiger charge is -2.23. The van der Waals surface area contributed by atoms with Crippen LogP contribution in [0.5, 0.6) is 17.2 Å². The summed E-state index contributed by atoms with van der Waals surface area (Å²) in [6.07, 6.45) is -4.52. The number of carboxylic acids is 1. The number of benzene rings is 2. The van der Waals surface area contributed by atoms with Crippen LogP contribution in [0.4, 0.5) is 10.6 Å². The van der Waals surface area contributed by atoms with Gasteiger partial charge in [0.1, 0.15) is 41.4 Å². The maximum Gasteiger partial charge on any atom is 0.413 e. The number of nitrogens with zero attached hydrogens (tertiary/aromatic N) is 2. The fraction of sp³-hybridized carbons (Fsp3) is 0.300. The monoisotopic (exact) mass is 639 g/mol. The summed E-state index contributed by atoms with van der Waals surface area (Å²) in [5.41, 5.74) is 5.94. The van der Waals surface area contributed by atoms with E-state index in [-0.39, 0.29) is 23.6 Å². The van der Waals surface area contributed by atoms with Crippen molar-refractivity contribution in [3.05, 3.63) is 89.0 Å². The standard InChI is InChI=1S/C30H33N5O11/c1-15-25(38)22(14-36)46-27(15)35-12-11-23(32-29(35)42)33-30(43)44-16(2)24(28(40)41)34-26(39)21(31)13-17-3-7-19(8-4-17)45-20-9-5-18(37)6-10-20/h3-12,16,21-22,24-25,27,36-38H,1,13-14,31H2,2H3,(H,34,39)(H,40,41)(H,32,33,42,43)/t16?,21-,22+,24+,25-,27+/m0/s1. The first-order chi connectivity index (χ1) is 21.9. The average Bonchev–Trinajstić information content (AvgIpc) is 3.30. The third-order valence-electron chi connectivity index (χ3n) is 6.96. The molecular weight excluding hydrogens is 606 g/mol. The predicted molar refractivity (Wildman–Crippen MR) is 160 cm³/mol. The molecule has 1 saturated heterocycles. The number of phenolic OH excluding ortho intramolecular Hbond substituents is 1. The number of aliphatic hydroxyl groups excluding tert-OH is 2. The van der Waals surface area contributed by atoms with E-state index in [2.05, 4.69) is 22.2 Å². The van der Waals surface area contributed by atoms with Gasteiger partial charge in [-0.2, -0.15) is 4.98 Å². The minimum absolute atomic E-state index is 0.0590. The zero-order chi connectivity index (χ0) is 33.5. The molecule has 16 heteroatoms. The number of aromatic nitrogens is 2. The number of ether oxygens (including phenoxy) is 3. The smallest absolute Gasteiger partial charge is 0.413 e. The van der Waals surface area contributed by atoms with Gasteiger partial charge in [-0.1, -0.05) is 18.7 Å². The minimum atomic E-state index is -1.66. The number of aromatic hydroxyl groups is 1. The van der Waals surface area contributed by atoms with Crippen LogP contribution in [-0.4, -0.2) is 84.9 Å². The van der Waals surface area contributed by atoms with Gasteiger partial charge in [0, 0.05) is 11.8 Å². The summed E-state index contributed by atoms with van der Waals surface area (Å²) >= 11 is 0. The number of anilines is 1. The number of nitrogens with two attached hydrogens (primary N) is 1. The number of amides is 2. The Kier molecular flexibility index (Phi) is 10.7. The second kappa shape index (κ2) is 14.7. The quantitative estimate of drug-likeness (QED) is 0.135. The van der Waals surface area contributed by atoms with Crippen molar-refractivity contribution in [2.45, 2.75) is 50.0 Å². The molecule has 16 nitrogen and oxygen atoms in total. The van der Waals surface area contributed by atoms with Gasteiger partial charge in [-0.15, -0.1) is 0 Å². The molecule has 1 aliphatic heterocycles. The molecule has 0 saturated carbocycles. The number of carboxylic acid groups (broad SMARTS) is 1. The number of nitrogens with one attached hydrogen (secondary N) is 2. The van der Waals surface area contributed by atoms with Crippen LogP contribution in [0.2, 0.25) is 0 Å². The van der Waals surface area contributed by atoms with E-state index in [1.54, 1.807) is 36.4 Å². The molecule has 4 rings (SSSR count). The van der Waals surface area contributed by atoms with Gasteiger partial charge in [0.15, 0.2) is 12.3 Å². The number of phenols is 1. The molecule has 0 spiro atoms. The van der Waals surface area contributed by atoms with Gasteiger partial charge < -0.3 is 45.7 Å². The lowest BCUT2D eigenvalue weighted by Crippen LogP contribution is -2.54. The summed E-state index contributed by atoms with van der Waals surface area (Å²) in [7, 11) is 0. The Hall–Kier alpha value is -5.29. The second-order valence-electron chi connectivity index (χ2n) is 10.3. The van der Waals surface area contributed by atoms with Crippen LogP contribution in [0.15, 0.2) is 77.7 Å². The van der Waals surface area contributed by atoms with Crippen molar-refractivity contribution >= 4 is 23.8 Å². The topological polar surface area (TPSA) is 245 Å². The Morgan fingerprint density at radius 3 is 2.30 bits per heavy atom. The summed E-state index contributed by atoms with van der Waals surface area (Å²) in [5.74, 6) is -1.41. The fourth-order valence-electron chi connectivity index (χ4n) is 4.46. The molecule has 0 radical (unpaired) electrons. The van der Waals surface area contributed by atoms with Gasteiger partial charge in [0.25, 0.3) is 0 Å². The van der Waals surface area contributed by atoms with Gasteiger partial charge in [0.2, 0.25) is 5.91 Å². The van der Waals surface area contributed by atoms with Gasteiger partial charge in [-0.3, -0.25) is 14.7 Å². The first-order valence-corrected chi connectivity index (χ1v) is 13.9. The van der Waals surface area contributed by atoms with Gasteiger partial charge in [-0.25, -0.2) is 14.4 Å². The molecular formula is C30H33N5O11. The highest BCUT2D eigenvalue weighted by Crippen LogP contribution is 2.32. The van der Waals surface area contributed by atoms with Crippen molar-refractivity contribution in [3.63, 3.8) is 0 Å². The zero-order valence-corrected chi connectivity index (χ0v) is 24.5. The van der Waals surface area contributed by atoms with Crippen LogP contribution in [0, 0.1) is 0 Å². The summed E-state index contributed by atoms with van der Waals surface area (Å²) in [6.45, 7) is 4.42. The molecule has 0 aliphatic carbocycles. The van der Waals surface area contributed by atoms with Crippen LogP contribution in [0.25, 0.3) is 0 Å². The largest absolute Gasteiger partial charge is 0.508 e. The molecule has 8 N–H and O–H groups in total. The highest BCUT2D eigenvalue weighted by molar-refractivity contribution is 5.88.